The van der Waals surface area contributed by atoms with Crippen LogP contribution in [0.25, 0.3) is 11.3 Å². The van der Waals surface area contributed by atoms with Crippen LogP contribution in [0.1, 0.15) is 43.6 Å². The molecule has 2 amide bonds. The number of carbonyl (C=O) groups excluding carboxylic acids is 2. The lowest BCUT2D eigenvalue weighted by Gasteiger charge is -2.21. The summed E-state index contributed by atoms with van der Waals surface area (Å²) in [4.78, 5) is 29.0. The number of carbonyl (C=O) groups is 2. The molecule has 0 saturated carbocycles. The number of pyridine rings is 1. The van der Waals surface area contributed by atoms with Gasteiger partial charge in [0, 0.05) is 29.9 Å². The van der Waals surface area contributed by atoms with E-state index in [0.717, 1.165) is 10.6 Å². The summed E-state index contributed by atoms with van der Waals surface area (Å²) in [6, 6.07) is 17.4. The lowest BCUT2D eigenvalue weighted by atomic mass is 9.87. The van der Waals surface area contributed by atoms with Crippen LogP contribution in [0.5, 0.6) is 0 Å². The maximum atomic E-state index is 12.7. The van der Waals surface area contributed by atoms with Gasteiger partial charge in [-0.3, -0.25) is 14.6 Å². The van der Waals surface area contributed by atoms with E-state index in [1.165, 1.54) is 24.8 Å². The average Bonchev–Trinajstić information content (AvgIpc) is 2.73. The third-order valence-electron chi connectivity index (χ3n) is 5.05. The van der Waals surface area contributed by atoms with Crippen molar-refractivity contribution in [3.63, 3.8) is 0 Å². The third-order valence-corrected chi connectivity index (χ3v) is 6.17. The summed E-state index contributed by atoms with van der Waals surface area (Å²) in [5.41, 5.74) is 3.37. The zero-order valence-electron chi connectivity index (χ0n) is 19.3. The van der Waals surface area contributed by atoms with Gasteiger partial charge in [-0.15, -0.1) is 0 Å². The SMILES string of the molecule is CC(=O)N(c1cccnc1-c1ccc(C(=O)Nc2ccc(C(C)(C)C)cc2)cc1)S(C)(=O)=O. The molecule has 7 nitrogen and oxygen atoms in total. The molecule has 0 fully saturated rings. The minimum absolute atomic E-state index is 0.0256. The number of anilines is 2. The minimum atomic E-state index is -3.84. The molecule has 172 valence electrons. The lowest BCUT2D eigenvalue weighted by Crippen LogP contribution is -2.34. The van der Waals surface area contributed by atoms with Crippen molar-refractivity contribution >= 4 is 33.2 Å². The maximum absolute atomic E-state index is 12.7. The lowest BCUT2D eigenvalue weighted by molar-refractivity contribution is -0.115. The molecule has 33 heavy (non-hydrogen) atoms. The van der Waals surface area contributed by atoms with Gasteiger partial charge in [-0.1, -0.05) is 45.0 Å². The number of nitrogens with one attached hydrogen (secondary N) is 1. The number of benzene rings is 2. The monoisotopic (exact) mass is 465 g/mol. The van der Waals surface area contributed by atoms with Gasteiger partial charge in [-0.2, -0.15) is 0 Å². The molecule has 0 aliphatic carbocycles. The van der Waals surface area contributed by atoms with E-state index in [0.29, 0.717) is 22.5 Å². The van der Waals surface area contributed by atoms with Crippen molar-refractivity contribution in [1.82, 2.24) is 4.98 Å². The highest BCUT2D eigenvalue weighted by atomic mass is 32.2. The van der Waals surface area contributed by atoms with Gasteiger partial charge in [0.15, 0.2) is 0 Å². The van der Waals surface area contributed by atoms with Crippen LogP contribution in [0.15, 0.2) is 66.9 Å². The molecule has 1 N–H and O–H groups in total. The van der Waals surface area contributed by atoms with Crippen LogP contribution in [-0.4, -0.2) is 31.5 Å². The first-order valence-corrected chi connectivity index (χ1v) is 12.2. The molecule has 2 aromatic carbocycles. The Morgan fingerprint density at radius 1 is 0.939 bits per heavy atom. The number of sulfonamides is 1. The highest BCUT2D eigenvalue weighted by molar-refractivity contribution is 7.92. The van der Waals surface area contributed by atoms with Gasteiger partial charge in [0.25, 0.3) is 5.91 Å². The second-order valence-electron chi connectivity index (χ2n) is 8.78. The molecule has 0 unspecified atom stereocenters. The van der Waals surface area contributed by atoms with Crippen LogP contribution in [-0.2, 0) is 20.2 Å². The summed E-state index contributed by atoms with van der Waals surface area (Å²) >= 11 is 0. The fraction of sp³-hybridized carbons (Fsp3) is 0.240. The first-order valence-electron chi connectivity index (χ1n) is 10.4. The van der Waals surface area contributed by atoms with E-state index in [1.54, 1.807) is 30.3 Å². The molecule has 8 heteroatoms. The van der Waals surface area contributed by atoms with Crippen molar-refractivity contribution in [3.8, 4) is 11.3 Å². The average molecular weight is 466 g/mol. The smallest absolute Gasteiger partial charge is 0.255 e. The molecule has 0 aliphatic heterocycles. The predicted octanol–water partition coefficient (Wildman–Crippen LogP) is 4.61. The minimum Gasteiger partial charge on any atom is -0.322 e. The van der Waals surface area contributed by atoms with Crippen molar-refractivity contribution in [2.75, 3.05) is 15.9 Å². The van der Waals surface area contributed by atoms with Crippen LogP contribution in [0.3, 0.4) is 0 Å². The fourth-order valence-corrected chi connectivity index (χ4v) is 4.37. The highest BCUT2D eigenvalue weighted by Crippen LogP contribution is 2.30. The molecule has 1 aromatic heterocycles. The molecule has 0 saturated heterocycles. The van der Waals surface area contributed by atoms with Crippen molar-refractivity contribution in [3.05, 3.63) is 78.0 Å². The van der Waals surface area contributed by atoms with Gasteiger partial charge in [0.1, 0.15) is 0 Å². The molecule has 0 bridgehead atoms. The van der Waals surface area contributed by atoms with Crippen LogP contribution in [0, 0.1) is 0 Å². The largest absolute Gasteiger partial charge is 0.322 e. The number of rotatable bonds is 5. The third kappa shape index (κ3) is 5.64. The zero-order valence-corrected chi connectivity index (χ0v) is 20.1. The summed E-state index contributed by atoms with van der Waals surface area (Å²) in [6.45, 7) is 7.56. The van der Waals surface area contributed by atoms with Crippen LogP contribution < -0.4 is 9.62 Å². The van der Waals surface area contributed by atoms with Crippen LogP contribution >= 0.6 is 0 Å². The van der Waals surface area contributed by atoms with Crippen molar-refractivity contribution in [1.29, 1.82) is 0 Å². The summed E-state index contributed by atoms with van der Waals surface area (Å²) in [6.07, 6.45) is 2.48. The standard InChI is InChI=1S/C25H27N3O4S/c1-17(29)28(33(5,31)32)22-7-6-16-26-23(22)18-8-10-19(11-9-18)24(30)27-21-14-12-20(13-15-21)25(2,3)4/h6-16H,1-5H3,(H,27,30). The van der Waals surface area contributed by atoms with Gasteiger partial charge in [-0.25, -0.2) is 12.7 Å². The number of amides is 2. The van der Waals surface area contributed by atoms with E-state index in [2.05, 4.69) is 31.1 Å². The number of hydrogen-bond donors (Lipinski definition) is 1. The van der Waals surface area contributed by atoms with Gasteiger partial charge >= 0.3 is 0 Å². The Hall–Kier alpha value is -3.52. The Morgan fingerprint density at radius 3 is 2.06 bits per heavy atom. The molecule has 0 atom stereocenters. The second kappa shape index (κ2) is 9.15. The number of hydrogen-bond acceptors (Lipinski definition) is 5. The van der Waals surface area contributed by atoms with Crippen molar-refractivity contribution < 1.29 is 18.0 Å². The van der Waals surface area contributed by atoms with Crippen molar-refractivity contribution in [2.24, 2.45) is 0 Å². The Labute approximate surface area is 194 Å². The van der Waals surface area contributed by atoms with Gasteiger partial charge < -0.3 is 5.32 Å². The van der Waals surface area contributed by atoms with Gasteiger partial charge in [0.05, 0.1) is 17.6 Å². The number of nitrogens with zero attached hydrogens (tertiary/aromatic N) is 2. The molecule has 3 rings (SSSR count). The van der Waals surface area contributed by atoms with Gasteiger partial charge in [0.2, 0.25) is 15.9 Å². The van der Waals surface area contributed by atoms with Crippen molar-refractivity contribution in [2.45, 2.75) is 33.1 Å². The van der Waals surface area contributed by atoms with E-state index in [1.807, 2.05) is 24.3 Å². The molecule has 0 spiro atoms. The molecule has 0 aliphatic rings. The fourth-order valence-electron chi connectivity index (χ4n) is 3.40. The second-order valence-corrected chi connectivity index (χ2v) is 10.6. The summed E-state index contributed by atoms with van der Waals surface area (Å²) in [7, 11) is -3.84. The first kappa shape index (κ1) is 24.1. The van der Waals surface area contributed by atoms with E-state index in [9.17, 15) is 18.0 Å². The molecular weight excluding hydrogens is 438 g/mol. The highest BCUT2D eigenvalue weighted by Gasteiger charge is 2.25. The van der Waals surface area contributed by atoms with E-state index in [-0.39, 0.29) is 17.0 Å². The zero-order chi connectivity index (χ0) is 24.4. The van der Waals surface area contributed by atoms with Crippen LogP contribution in [0.4, 0.5) is 11.4 Å². The van der Waals surface area contributed by atoms with Gasteiger partial charge in [-0.05, 0) is 47.4 Å². The molecule has 0 radical (unpaired) electrons. The Balaban J connectivity index is 1.85. The summed E-state index contributed by atoms with van der Waals surface area (Å²) in [5, 5.41) is 2.87. The van der Waals surface area contributed by atoms with E-state index < -0.39 is 15.9 Å². The Kier molecular flexibility index (Phi) is 6.69. The normalized spacial score (nSPS) is 11.7. The first-order chi connectivity index (χ1) is 15.4. The molecule has 3 aromatic rings. The summed E-state index contributed by atoms with van der Waals surface area (Å²) in [5.74, 6) is -0.909. The number of aromatic nitrogens is 1. The van der Waals surface area contributed by atoms with Crippen LogP contribution in [0.2, 0.25) is 0 Å². The maximum Gasteiger partial charge on any atom is 0.255 e. The quantitative estimate of drug-likeness (QED) is 0.594. The Bertz CT molecular complexity index is 1280. The topological polar surface area (TPSA) is 96.4 Å². The Morgan fingerprint density at radius 2 is 1.55 bits per heavy atom. The molecular formula is C25H27N3O4S. The molecule has 1 heterocycles. The summed E-state index contributed by atoms with van der Waals surface area (Å²) < 4.78 is 25.1. The van der Waals surface area contributed by atoms with E-state index in [4.69, 9.17) is 0 Å². The van der Waals surface area contributed by atoms with E-state index >= 15 is 0 Å². The predicted molar refractivity (Wildman–Crippen MR) is 131 cm³/mol.